The lowest BCUT2D eigenvalue weighted by atomic mass is 9.95. The zero-order valence-electron chi connectivity index (χ0n) is 14.0. The van der Waals surface area contributed by atoms with Crippen LogP contribution < -0.4 is 0 Å². The van der Waals surface area contributed by atoms with E-state index >= 15 is 0 Å². The van der Waals surface area contributed by atoms with E-state index in [4.69, 9.17) is 0 Å². The van der Waals surface area contributed by atoms with Crippen molar-refractivity contribution in [1.82, 2.24) is 0 Å². The van der Waals surface area contributed by atoms with Gasteiger partial charge in [0.05, 0.1) is 0 Å². The molecule has 0 unspecified atom stereocenters. The first-order valence-electron chi connectivity index (χ1n) is 8.00. The quantitative estimate of drug-likeness (QED) is 0.567. The van der Waals surface area contributed by atoms with Gasteiger partial charge in [-0.05, 0) is 65.6 Å². The summed E-state index contributed by atoms with van der Waals surface area (Å²) in [5.74, 6) is -0.243. The summed E-state index contributed by atoms with van der Waals surface area (Å²) in [6.45, 7) is 4.02. The van der Waals surface area contributed by atoms with Crippen LogP contribution >= 0.6 is 11.8 Å². The molecule has 3 aromatic carbocycles. The fourth-order valence-corrected chi connectivity index (χ4v) is 3.52. The van der Waals surface area contributed by atoms with Gasteiger partial charge in [-0.3, -0.25) is 0 Å². The van der Waals surface area contributed by atoms with Crippen LogP contribution in [0.2, 0.25) is 0 Å². The Balaban J connectivity index is 2.06. The molecule has 1 N–H and O–H groups in total. The van der Waals surface area contributed by atoms with Gasteiger partial charge >= 0.3 is 0 Å². The summed E-state index contributed by atoms with van der Waals surface area (Å²) in [6, 6.07) is 16.2. The highest BCUT2D eigenvalue weighted by atomic mass is 32.2. The van der Waals surface area contributed by atoms with E-state index in [2.05, 4.69) is 0 Å². The zero-order valence-corrected chi connectivity index (χ0v) is 14.8. The van der Waals surface area contributed by atoms with Crippen molar-refractivity contribution in [1.29, 1.82) is 0 Å². The van der Waals surface area contributed by atoms with Crippen molar-refractivity contribution >= 4 is 11.8 Å². The molecule has 0 aromatic heterocycles. The van der Waals surface area contributed by atoms with Gasteiger partial charge < -0.3 is 5.11 Å². The molecule has 25 heavy (non-hydrogen) atoms. The van der Waals surface area contributed by atoms with E-state index in [0.29, 0.717) is 5.56 Å². The number of hydrogen-bond acceptors (Lipinski definition) is 2. The van der Waals surface area contributed by atoms with Crippen LogP contribution in [0.4, 0.5) is 8.78 Å². The van der Waals surface area contributed by atoms with Crippen LogP contribution in [0.1, 0.15) is 25.3 Å². The Morgan fingerprint density at radius 1 is 0.800 bits per heavy atom. The van der Waals surface area contributed by atoms with E-state index in [1.54, 1.807) is 24.3 Å². The number of rotatable bonds is 4. The fourth-order valence-electron chi connectivity index (χ4n) is 2.62. The molecule has 0 saturated heterocycles. The number of phenolic OH excluding ortho intramolecular Hbond substituents is 1. The summed E-state index contributed by atoms with van der Waals surface area (Å²) >= 11 is 1.50. The smallest absolute Gasteiger partial charge is 0.126 e. The maximum Gasteiger partial charge on any atom is 0.126 e. The standard InChI is InChI=1S/C21H18F2OS/c1-13(2)19-11-18(25-17-9-7-16(23)8-10-17)12-20(21(19)24)14-3-5-15(22)6-4-14/h3-13,24H,1-2H3. The molecule has 128 valence electrons. The predicted molar refractivity (Wildman–Crippen MR) is 98.1 cm³/mol. The molecular formula is C21H18F2OS. The van der Waals surface area contributed by atoms with Crippen LogP contribution in [0.5, 0.6) is 5.75 Å². The lowest BCUT2D eigenvalue weighted by Gasteiger charge is -2.15. The van der Waals surface area contributed by atoms with Gasteiger partial charge in [0.15, 0.2) is 0 Å². The Morgan fingerprint density at radius 3 is 1.92 bits per heavy atom. The van der Waals surface area contributed by atoms with Crippen molar-refractivity contribution in [3.8, 4) is 16.9 Å². The van der Waals surface area contributed by atoms with Crippen LogP contribution in [-0.2, 0) is 0 Å². The van der Waals surface area contributed by atoms with Crippen LogP contribution in [0.25, 0.3) is 11.1 Å². The molecule has 3 rings (SSSR count). The average molecular weight is 356 g/mol. The van der Waals surface area contributed by atoms with Crippen molar-refractivity contribution in [2.75, 3.05) is 0 Å². The summed E-state index contributed by atoms with van der Waals surface area (Å²) < 4.78 is 26.3. The zero-order chi connectivity index (χ0) is 18.0. The number of phenols is 1. The van der Waals surface area contributed by atoms with Gasteiger partial charge in [-0.1, -0.05) is 37.7 Å². The highest BCUT2D eigenvalue weighted by Crippen LogP contribution is 2.41. The largest absolute Gasteiger partial charge is 0.507 e. The minimum Gasteiger partial charge on any atom is -0.507 e. The van der Waals surface area contributed by atoms with E-state index in [1.165, 1.54) is 36.0 Å². The molecular weight excluding hydrogens is 338 g/mol. The first-order chi connectivity index (χ1) is 11.9. The second-order valence-corrected chi connectivity index (χ2v) is 7.27. The molecule has 0 aliphatic carbocycles. The molecule has 4 heteroatoms. The Morgan fingerprint density at radius 2 is 1.36 bits per heavy atom. The third-order valence-electron chi connectivity index (χ3n) is 3.94. The molecule has 1 nitrogen and oxygen atoms in total. The highest BCUT2D eigenvalue weighted by molar-refractivity contribution is 7.99. The third kappa shape index (κ3) is 4.02. The number of halogens is 2. The number of aromatic hydroxyl groups is 1. The lowest BCUT2D eigenvalue weighted by molar-refractivity contribution is 0.466. The van der Waals surface area contributed by atoms with Gasteiger partial charge in [0.2, 0.25) is 0 Å². The van der Waals surface area contributed by atoms with Crippen LogP contribution in [0, 0.1) is 11.6 Å². The third-order valence-corrected chi connectivity index (χ3v) is 4.92. The maximum atomic E-state index is 13.2. The topological polar surface area (TPSA) is 20.2 Å². The van der Waals surface area contributed by atoms with E-state index in [-0.39, 0.29) is 23.3 Å². The first kappa shape index (κ1) is 17.5. The molecule has 0 heterocycles. The van der Waals surface area contributed by atoms with Gasteiger partial charge in [-0.2, -0.15) is 0 Å². The van der Waals surface area contributed by atoms with E-state index in [0.717, 1.165) is 20.9 Å². The normalized spacial score (nSPS) is 11.1. The Hall–Kier alpha value is -2.33. The molecule has 0 aliphatic heterocycles. The van der Waals surface area contributed by atoms with Gasteiger partial charge in [0, 0.05) is 15.4 Å². The second kappa shape index (κ2) is 7.28. The Kier molecular flexibility index (Phi) is 5.09. The maximum absolute atomic E-state index is 13.2. The van der Waals surface area contributed by atoms with Crippen LogP contribution in [-0.4, -0.2) is 5.11 Å². The highest BCUT2D eigenvalue weighted by Gasteiger charge is 2.15. The molecule has 0 amide bonds. The predicted octanol–water partition coefficient (Wildman–Crippen LogP) is 6.61. The van der Waals surface area contributed by atoms with Crippen molar-refractivity contribution in [2.45, 2.75) is 29.6 Å². The van der Waals surface area contributed by atoms with Gasteiger partial charge in [0.1, 0.15) is 17.4 Å². The van der Waals surface area contributed by atoms with Crippen molar-refractivity contribution < 1.29 is 13.9 Å². The average Bonchev–Trinajstić information content (AvgIpc) is 2.59. The molecule has 0 radical (unpaired) electrons. The molecule has 3 aromatic rings. The van der Waals surface area contributed by atoms with E-state index in [9.17, 15) is 13.9 Å². The van der Waals surface area contributed by atoms with Crippen molar-refractivity contribution in [3.05, 3.63) is 77.9 Å². The van der Waals surface area contributed by atoms with Gasteiger partial charge in [0.25, 0.3) is 0 Å². The van der Waals surface area contributed by atoms with E-state index < -0.39 is 0 Å². The van der Waals surface area contributed by atoms with Crippen molar-refractivity contribution in [3.63, 3.8) is 0 Å². The lowest BCUT2D eigenvalue weighted by Crippen LogP contribution is -1.92. The summed E-state index contributed by atoms with van der Waals surface area (Å²) in [6.07, 6.45) is 0. The minimum absolute atomic E-state index is 0.132. The Bertz CT molecular complexity index is 872. The van der Waals surface area contributed by atoms with E-state index in [1.807, 2.05) is 26.0 Å². The van der Waals surface area contributed by atoms with Crippen LogP contribution in [0.15, 0.2) is 70.5 Å². The number of hydrogen-bond donors (Lipinski definition) is 1. The molecule has 0 spiro atoms. The Labute approximate surface area is 150 Å². The van der Waals surface area contributed by atoms with Gasteiger partial charge in [-0.25, -0.2) is 8.78 Å². The molecule has 0 fully saturated rings. The number of benzene rings is 3. The van der Waals surface area contributed by atoms with Crippen molar-refractivity contribution in [2.24, 2.45) is 0 Å². The summed E-state index contributed by atoms with van der Waals surface area (Å²) in [5.41, 5.74) is 2.24. The minimum atomic E-state index is -0.316. The summed E-state index contributed by atoms with van der Waals surface area (Å²) in [7, 11) is 0. The summed E-state index contributed by atoms with van der Waals surface area (Å²) in [5, 5.41) is 10.7. The van der Waals surface area contributed by atoms with Gasteiger partial charge in [-0.15, -0.1) is 0 Å². The first-order valence-corrected chi connectivity index (χ1v) is 8.82. The molecule has 0 saturated carbocycles. The SMILES string of the molecule is CC(C)c1cc(Sc2ccc(F)cc2)cc(-c2ccc(F)cc2)c1O. The summed E-state index contributed by atoms with van der Waals surface area (Å²) in [4.78, 5) is 1.85. The van der Waals surface area contributed by atoms with Crippen LogP contribution in [0.3, 0.4) is 0 Å². The molecule has 0 aliphatic rings. The fraction of sp³-hybridized carbons (Fsp3) is 0.143. The molecule has 0 atom stereocenters. The monoisotopic (exact) mass is 356 g/mol. The second-order valence-electron chi connectivity index (χ2n) is 6.13. The molecule has 0 bridgehead atoms.